The Labute approximate surface area is 125 Å². The van der Waals surface area contributed by atoms with Crippen molar-refractivity contribution in [3.63, 3.8) is 0 Å². The van der Waals surface area contributed by atoms with Crippen LogP contribution >= 0.6 is 0 Å². The van der Waals surface area contributed by atoms with Crippen LogP contribution in [0.5, 0.6) is 5.75 Å². The van der Waals surface area contributed by atoms with E-state index < -0.39 is 0 Å². The van der Waals surface area contributed by atoms with E-state index >= 15 is 0 Å². The number of anilines is 1. The molecule has 0 unspecified atom stereocenters. The van der Waals surface area contributed by atoms with E-state index in [1.54, 1.807) is 32.4 Å². The number of piperazine rings is 1. The largest absolute Gasteiger partial charge is 0.495 e. The average molecular weight is 293 g/mol. The average Bonchev–Trinajstić information content (AvgIpc) is 2.53. The van der Waals surface area contributed by atoms with Gasteiger partial charge in [0, 0.05) is 45.4 Å². The zero-order valence-corrected chi connectivity index (χ0v) is 12.7. The van der Waals surface area contributed by atoms with E-state index in [1.807, 2.05) is 4.90 Å². The highest BCUT2D eigenvalue weighted by Gasteiger charge is 2.22. The second kappa shape index (κ2) is 7.28. The van der Waals surface area contributed by atoms with E-state index in [1.165, 1.54) is 0 Å². The Balaban J connectivity index is 1.95. The van der Waals surface area contributed by atoms with Crippen molar-refractivity contribution in [3.8, 4) is 5.75 Å². The minimum Gasteiger partial charge on any atom is -0.495 e. The van der Waals surface area contributed by atoms with Gasteiger partial charge in [0.15, 0.2) is 0 Å². The Morgan fingerprint density at radius 3 is 2.57 bits per heavy atom. The maximum Gasteiger partial charge on any atom is 0.254 e. The Morgan fingerprint density at radius 1 is 1.24 bits per heavy atom. The van der Waals surface area contributed by atoms with E-state index in [4.69, 9.17) is 15.2 Å². The molecule has 1 amide bonds. The Hall–Kier alpha value is -1.79. The van der Waals surface area contributed by atoms with Crippen LogP contribution < -0.4 is 10.5 Å². The maximum absolute atomic E-state index is 12.5. The van der Waals surface area contributed by atoms with Crippen LogP contribution in [-0.2, 0) is 4.74 Å². The molecule has 1 aromatic rings. The van der Waals surface area contributed by atoms with E-state index in [9.17, 15) is 4.79 Å². The van der Waals surface area contributed by atoms with Crippen LogP contribution in [-0.4, -0.2) is 69.3 Å². The summed E-state index contributed by atoms with van der Waals surface area (Å²) in [6.45, 7) is 4.85. The summed E-state index contributed by atoms with van der Waals surface area (Å²) in [6.07, 6.45) is 0. The summed E-state index contributed by atoms with van der Waals surface area (Å²) in [5.41, 5.74) is 6.93. The molecule has 1 fully saturated rings. The lowest BCUT2D eigenvalue weighted by atomic mass is 10.1. The van der Waals surface area contributed by atoms with Crippen molar-refractivity contribution < 1.29 is 14.3 Å². The van der Waals surface area contributed by atoms with Crippen LogP contribution in [0.3, 0.4) is 0 Å². The molecular formula is C15H23N3O3. The molecule has 0 bridgehead atoms. The summed E-state index contributed by atoms with van der Waals surface area (Å²) in [5.74, 6) is 0.569. The Morgan fingerprint density at radius 2 is 1.95 bits per heavy atom. The molecule has 2 N–H and O–H groups in total. The number of methoxy groups -OCH3 is 2. The third-order valence-corrected chi connectivity index (χ3v) is 3.75. The summed E-state index contributed by atoms with van der Waals surface area (Å²) >= 11 is 0. The van der Waals surface area contributed by atoms with Gasteiger partial charge in [0.25, 0.3) is 5.91 Å². The van der Waals surface area contributed by atoms with Gasteiger partial charge in [0.2, 0.25) is 0 Å². The number of nitrogen functional groups attached to an aromatic ring is 1. The fourth-order valence-electron chi connectivity index (χ4n) is 2.42. The number of nitrogens with two attached hydrogens (primary N) is 1. The van der Waals surface area contributed by atoms with Crippen molar-refractivity contribution in [1.29, 1.82) is 0 Å². The number of rotatable bonds is 5. The Bertz CT molecular complexity index is 485. The van der Waals surface area contributed by atoms with E-state index in [2.05, 4.69) is 4.90 Å². The zero-order chi connectivity index (χ0) is 15.2. The number of nitrogens with zero attached hydrogens (tertiary/aromatic N) is 2. The first-order chi connectivity index (χ1) is 10.2. The quantitative estimate of drug-likeness (QED) is 0.809. The van der Waals surface area contributed by atoms with Crippen molar-refractivity contribution in [2.45, 2.75) is 0 Å². The molecule has 2 rings (SSSR count). The van der Waals surface area contributed by atoms with Crippen molar-refractivity contribution in [1.82, 2.24) is 9.80 Å². The lowest BCUT2D eigenvalue weighted by Crippen LogP contribution is -2.49. The molecule has 1 aromatic carbocycles. The molecule has 0 aliphatic carbocycles. The molecule has 1 aliphatic heterocycles. The van der Waals surface area contributed by atoms with Crippen LogP contribution in [0.1, 0.15) is 10.4 Å². The van der Waals surface area contributed by atoms with Crippen LogP contribution in [0.25, 0.3) is 0 Å². The molecule has 0 radical (unpaired) electrons. The van der Waals surface area contributed by atoms with Crippen LogP contribution in [0.4, 0.5) is 5.69 Å². The number of hydrogen-bond donors (Lipinski definition) is 1. The number of carbonyl (C=O) groups excluding carboxylic acids is 1. The molecule has 0 aromatic heterocycles. The molecule has 0 saturated carbocycles. The van der Waals surface area contributed by atoms with E-state index in [0.717, 1.165) is 39.3 Å². The summed E-state index contributed by atoms with van der Waals surface area (Å²) in [7, 11) is 3.25. The smallest absolute Gasteiger partial charge is 0.254 e. The molecule has 0 atom stereocenters. The van der Waals surface area contributed by atoms with Crippen molar-refractivity contribution in [2.75, 3.05) is 59.3 Å². The molecule has 21 heavy (non-hydrogen) atoms. The van der Waals surface area contributed by atoms with Gasteiger partial charge in [-0.05, 0) is 18.2 Å². The van der Waals surface area contributed by atoms with Gasteiger partial charge >= 0.3 is 0 Å². The Kier molecular flexibility index (Phi) is 5.41. The van der Waals surface area contributed by atoms with E-state index in [-0.39, 0.29) is 5.91 Å². The monoisotopic (exact) mass is 293 g/mol. The molecule has 6 heteroatoms. The van der Waals surface area contributed by atoms with Gasteiger partial charge in [-0.15, -0.1) is 0 Å². The zero-order valence-electron chi connectivity index (χ0n) is 12.7. The second-order valence-electron chi connectivity index (χ2n) is 5.08. The summed E-state index contributed by atoms with van der Waals surface area (Å²) < 4.78 is 10.2. The van der Waals surface area contributed by atoms with Gasteiger partial charge < -0.3 is 20.1 Å². The number of carbonyl (C=O) groups is 1. The van der Waals surface area contributed by atoms with Crippen molar-refractivity contribution >= 4 is 11.6 Å². The summed E-state index contributed by atoms with van der Waals surface area (Å²) in [4.78, 5) is 16.7. The highest BCUT2D eigenvalue weighted by Crippen LogP contribution is 2.23. The topological polar surface area (TPSA) is 68.0 Å². The maximum atomic E-state index is 12.5. The van der Waals surface area contributed by atoms with Crippen molar-refractivity contribution in [3.05, 3.63) is 23.8 Å². The fraction of sp³-hybridized carbons (Fsp3) is 0.533. The lowest BCUT2D eigenvalue weighted by Gasteiger charge is -2.34. The van der Waals surface area contributed by atoms with Gasteiger partial charge in [-0.25, -0.2) is 0 Å². The SMILES string of the molecule is COCCN1CCN(C(=O)c2ccc(N)c(OC)c2)CC1. The number of benzene rings is 1. The molecule has 6 nitrogen and oxygen atoms in total. The number of hydrogen-bond acceptors (Lipinski definition) is 5. The molecule has 1 saturated heterocycles. The van der Waals surface area contributed by atoms with E-state index in [0.29, 0.717) is 17.0 Å². The second-order valence-corrected chi connectivity index (χ2v) is 5.08. The van der Waals surface area contributed by atoms with Crippen molar-refractivity contribution in [2.24, 2.45) is 0 Å². The van der Waals surface area contributed by atoms with Gasteiger partial charge in [-0.1, -0.05) is 0 Å². The molecule has 1 heterocycles. The first-order valence-electron chi connectivity index (χ1n) is 7.09. The molecule has 116 valence electrons. The third-order valence-electron chi connectivity index (χ3n) is 3.75. The highest BCUT2D eigenvalue weighted by molar-refractivity contribution is 5.95. The normalized spacial score (nSPS) is 16.0. The lowest BCUT2D eigenvalue weighted by molar-refractivity contribution is 0.0594. The first kappa shape index (κ1) is 15.6. The van der Waals surface area contributed by atoms with Gasteiger partial charge in [0.05, 0.1) is 19.4 Å². The minimum absolute atomic E-state index is 0.0275. The first-order valence-corrected chi connectivity index (χ1v) is 7.09. The van der Waals surface area contributed by atoms with Crippen LogP contribution in [0.2, 0.25) is 0 Å². The number of ether oxygens (including phenoxy) is 2. The molecular weight excluding hydrogens is 270 g/mol. The van der Waals surface area contributed by atoms with Crippen LogP contribution in [0.15, 0.2) is 18.2 Å². The van der Waals surface area contributed by atoms with Gasteiger partial charge in [-0.2, -0.15) is 0 Å². The van der Waals surface area contributed by atoms with Gasteiger partial charge in [-0.3, -0.25) is 9.69 Å². The van der Waals surface area contributed by atoms with Crippen LogP contribution in [0, 0.1) is 0 Å². The third kappa shape index (κ3) is 3.86. The molecule has 1 aliphatic rings. The summed E-state index contributed by atoms with van der Waals surface area (Å²) in [5, 5.41) is 0. The molecule has 0 spiro atoms. The fourth-order valence-corrected chi connectivity index (χ4v) is 2.42. The standard InChI is InChI=1S/C15H23N3O3/c1-20-10-9-17-5-7-18(8-6-17)15(19)12-3-4-13(16)14(11-12)21-2/h3-4,11H,5-10,16H2,1-2H3. The predicted molar refractivity (Wildman–Crippen MR) is 81.6 cm³/mol. The minimum atomic E-state index is 0.0275. The van der Waals surface area contributed by atoms with Gasteiger partial charge in [0.1, 0.15) is 5.75 Å². The predicted octanol–water partition coefficient (Wildman–Crippen LogP) is 0.682. The summed E-state index contributed by atoms with van der Waals surface area (Å²) in [6, 6.07) is 5.16. The highest BCUT2D eigenvalue weighted by atomic mass is 16.5. The number of amides is 1.